The van der Waals surface area contributed by atoms with Gasteiger partial charge in [-0.25, -0.2) is 23.5 Å². The molecule has 0 unspecified atom stereocenters. The Labute approximate surface area is 257 Å². The number of fused-ring (bicyclic) bond motifs is 1. The van der Waals surface area contributed by atoms with Crippen LogP contribution < -0.4 is 21.7 Å². The van der Waals surface area contributed by atoms with E-state index in [-0.39, 0.29) is 46.6 Å². The number of anilines is 4. The quantitative estimate of drug-likeness (QED) is 0.203. The molecular formula is C30H32ClF2N9O2. The zero-order valence-corrected chi connectivity index (χ0v) is 24.5. The lowest BCUT2D eigenvalue weighted by molar-refractivity contribution is -0.122. The average molecular weight is 624 g/mol. The Kier molecular flexibility index (Phi) is 8.47. The second-order valence-corrected chi connectivity index (χ2v) is 11.6. The molecule has 0 bridgehead atoms. The van der Waals surface area contributed by atoms with Crippen molar-refractivity contribution in [1.82, 2.24) is 24.4 Å². The first kappa shape index (κ1) is 29.5. The van der Waals surface area contributed by atoms with Crippen molar-refractivity contribution in [3.05, 3.63) is 65.3 Å². The van der Waals surface area contributed by atoms with Gasteiger partial charge < -0.3 is 26.6 Å². The summed E-state index contributed by atoms with van der Waals surface area (Å²) >= 11 is 5.82. The maximum atomic E-state index is 14.8. The number of urea groups is 1. The molecule has 230 valence electrons. The number of nitrogens with zero attached hydrogens (tertiary/aromatic N) is 5. The van der Waals surface area contributed by atoms with E-state index in [1.165, 1.54) is 0 Å². The van der Waals surface area contributed by atoms with Gasteiger partial charge in [0.2, 0.25) is 17.8 Å². The third kappa shape index (κ3) is 6.37. The Balaban J connectivity index is 1.26. The standard InChI is InChI=1S/C30H32ClF2N9O2/c31-18-13-22(32)25(23(33)14-18)39-29-38-24-15-35-28(40-27(24)42(29)21-10-8-17(9-11-21)26(34)43)36-20-7-4-12-41(16-20)30(44)37-19-5-2-1-3-6-19/h1-3,5-6,13-15,17,20-21H,4,7-12,16H2,(H2,34,43)(H,37,44)(H,38,39)(H,35,36,40)/t17-,20-,21-/m1/s1. The summed E-state index contributed by atoms with van der Waals surface area (Å²) in [7, 11) is 0. The van der Waals surface area contributed by atoms with E-state index in [1.54, 1.807) is 11.1 Å². The van der Waals surface area contributed by atoms with E-state index in [2.05, 4.69) is 25.9 Å². The monoisotopic (exact) mass is 623 g/mol. The Morgan fingerprint density at radius 1 is 1.00 bits per heavy atom. The van der Waals surface area contributed by atoms with Gasteiger partial charge in [0.05, 0.1) is 6.20 Å². The lowest BCUT2D eigenvalue weighted by atomic mass is 9.85. The maximum absolute atomic E-state index is 14.8. The molecule has 1 atom stereocenters. The number of benzene rings is 2. The Hall–Kier alpha value is -4.52. The Morgan fingerprint density at radius 3 is 2.43 bits per heavy atom. The summed E-state index contributed by atoms with van der Waals surface area (Å²) in [6.07, 6.45) is 5.51. The van der Waals surface area contributed by atoms with Crippen LogP contribution in [0.5, 0.6) is 0 Å². The van der Waals surface area contributed by atoms with Crippen molar-refractivity contribution < 1.29 is 18.4 Å². The van der Waals surface area contributed by atoms with Crippen LogP contribution in [0.1, 0.15) is 44.6 Å². The number of nitrogens with one attached hydrogen (secondary N) is 3. The number of hydrogen-bond donors (Lipinski definition) is 4. The van der Waals surface area contributed by atoms with E-state index in [0.717, 1.165) is 30.7 Å². The number of piperidine rings is 1. The lowest BCUT2D eigenvalue weighted by Crippen LogP contribution is -2.47. The van der Waals surface area contributed by atoms with Gasteiger partial charge >= 0.3 is 6.03 Å². The highest BCUT2D eigenvalue weighted by Crippen LogP contribution is 2.38. The van der Waals surface area contributed by atoms with Gasteiger partial charge in [-0.3, -0.25) is 9.36 Å². The summed E-state index contributed by atoms with van der Waals surface area (Å²) in [4.78, 5) is 40.3. The van der Waals surface area contributed by atoms with Crippen molar-refractivity contribution in [2.24, 2.45) is 11.7 Å². The number of primary amides is 1. The van der Waals surface area contributed by atoms with Gasteiger partial charge in [-0.15, -0.1) is 0 Å². The van der Waals surface area contributed by atoms with Gasteiger partial charge in [0.25, 0.3) is 0 Å². The molecule has 2 fully saturated rings. The SMILES string of the molecule is NC(=O)[C@H]1CC[C@H](n2c(Nc3c(F)cc(Cl)cc3F)nc3cnc(N[C@@H]4CCCN(C(=O)Nc5ccccc5)C4)nc32)CC1. The first-order chi connectivity index (χ1) is 21.2. The van der Waals surface area contributed by atoms with Crippen molar-refractivity contribution in [1.29, 1.82) is 0 Å². The number of imidazole rings is 1. The molecular weight excluding hydrogens is 592 g/mol. The molecule has 2 aromatic heterocycles. The van der Waals surface area contributed by atoms with Gasteiger partial charge in [0, 0.05) is 41.8 Å². The molecule has 6 rings (SSSR count). The smallest absolute Gasteiger partial charge is 0.321 e. The minimum absolute atomic E-state index is 0.0655. The van der Waals surface area contributed by atoms with E-state index >= 15 is 0 Å². The van der Waals surface area contributed by atoms with Crippen LogP contribution in [-0.4, -0.2) is 55.5 Å². The summed E-state index contributed by atoms with van der Waals surface area (Å²) in [6.45, 7) is 1.09. The second-order valence-electron chi connectivity index (χ2n) is 11.2. The number of amides is 3. The van der Waals surface area contributed by atoms with E-state index < -0.39 is 11.6 Å². The first-order valence-corrected chi connectivity index (χ1v) is 15.0. The zero-order chi connectivity index (χ0) is 30.8. The predicted molar refractivity (Wildman–Crippen MR) is 164 cm³/mol. The second kappa shape index (κ2) is 12.6. The van der Waals surface area contributed by atoms with Crippen LogP contribution >= 0.6 is 11.6 Å². The van der Waals surface area contributed by atoms with Gasteiger partial charge in [0.15, 0.2) is 17.3 Å². The third-order valence-corrected chi connectivity index (χ3v) is 8.43. The van der Waals surface area contributed by atoms with E-state index in [4.69, 9.17) is 22.3 Å². The molecule has 4 aromatic rings. The molecule has 2 aliphatic rings. The van der Waals surface area contributed by atoms with Crippen molar-refractivity contribution in [3.63, 3.8) is 0 Å². The van der Waals surface area contributed by atoms with Gasteiger partial charge in [0.1, 0.15) is 11.2 Å². The molecule has 0 radical (unpaired) electrons. The number of nitrogens with two attached hydrogens (primary N) is 1. The highest BCUT2D eigenvalue weighted by atomic mass is 35.5. The van der Waals surface area contributed by atoms with Crippen LogP contribution in [0, 0.1) is 17.6 Å². The lowest BCUT2D eigenvalue weighted by Gasteiger charge is -2.33. The summed E-state index contributed by atoms with van der Waals surface area (Å²) in [6, 6.07) is 10.9. The summed E-state index contributed by atoms with van der Waals surface area (Å²) in [5.41, 5.74) is 6.79. The molecule has 14 heteroatoms. The highest BCUT2D eigenvalue weighted by Gasteiger charge is 2.30. The number of halogens is 3. The number of hydrogen-bond acceptors (Lipinski definition) is 7. The van der Waals surface area contributed by atoms with E-state index in [1.807, 2.05) is 34.9 Å². The number of carbonyl (C=O) groups is 2. The van der Waals surface area contributed by atoms with Gasteiger partial charge in [-0.1, -0.05) is 29.8 Å². The number of likely N-dealkylation sites (tertiary alicyclic amines) is 1. The zero-order valence-electron chi connectivity index (χ0n) is 23.8. The van der Waals surface area contributed by atoms with Crippen LogP contribution in [0.2, 0.25) is 5.02 Å². The molecule has 3 amide bonds. The molecule has 1 aliphatic carbocycles. The molecule has 3 heterocycles. The minimum atomic E-state index is -0.863. The van der Waals surface area contributed by atoms with Crippen LogP contribution in [0.4, 0.5) is 36.8 Å². The van der Waals surface area contributed by atoms with Crippen LogP contribution in [0.3, 0.4) is 0 Å². The largest absolute Gasteiger partial charge is 0.369 e. The molecule has 0 spiro atoms. The first-order valence-electron chi connectivity index (χ1n) is 14.6. The van der Waals surface area contributed by atoms with Crippen molar-refractivity contribution in [3.8, 4) is 0 Å². The van der Waals surface area contributed by atoms with E-state index in [9.17, 15) is 18.4 Å². The predicted octanol–water partition coefficient (Wildman–Crippen LogP) is 5.83. The van der Waals surface area contributed by atoms with Crippen molar-refractivity contribution in [2.45, 2.75) is 50.6 Å². The molecule has 1 aliphatic heterocycles. The fraction of sp³-hybridized carbons (Fsp3) is 0.367. The van der Waals surface area contributed by atoms with Crippen molar-refractivity contribution in [2.75, 3.05) is 29.0 Å². The molecule has 44 heavy (non-hydrogen) atoms. The topological polar surface area (TPSA) is 143 Å². The molecule has 1 saturated carbocycles. The summed E-state index contributed by atoms with van der Waals surface area (Å²) < 4.78 is 31.3. The molecule has 1 saturated heterocycles. The number of rotatable bonds is 7. The molecule has 5 N–H and O–H groups in total. The molecule has 2 aromatic carbocycles. The Morgan fingerprint density at radius 2 is 1.73 bits per heavy atom. The number of aromatic nitrogens is 4. The van der Waals surface area contributed by atoms with Crippen LogP contribution in [0.15, 0.2) is 48.7 Å². The molecule has 11 nitrogen and oxygen atoms in total. The number of carbonyl (C=O) groups excluding carboxylic acids is 2. The summed E-state index contributed by atoms with van der Waals surface area (Å²) in [5.74, 6) is -1.76. The normalized spacial score (nSPS) is 20.3. The highest BCUT2D eigenvalue weighted by molar-refractivity contribution is 6.30. The van der Waals surface area contributed by atoms with Crippen LogP contribution in [0.25, 0.3) is 11.2 Å². The fourth-order valence-electron chi connectivity index (χ4n) is 5.97. The fourth-order valence-corrected chi connectivity index (χ4v) is 6.16. The minimum Gasteiger partial charge on any atom is -0.369 e. The van der Waals surface area contributed by atoms with E-state index in [0.29, 0.717) is 55.9 Å². The number of para-hydroxylation sites is 1. The van der Waals surface area contributed by atoms with Gasteiger partial charge in [-0.05, 0) is 62.8 Å². The average Bonchev–Trinajstić information content (AvgIpc) is 3.37. The van der Waals surface area contributed by atoms with Gasteiger partial charge in [-0.2, -0.15) is 4.98 Å². The third-order valence-electron chi connectivity index (χ3n) is 8.21. The summed E-state index contributed by atoms with van der Waals surface area (Å²) in [5, 5.41) is 9.03. The maximum Gasteiger partial charge on any atom is 0.321 e. The Bertz CT molecular complexity index is 1660. The van der Waals surface area contributed by atoms with Crippen LogP contribution in [-0.2, 0) is 4.79 Å². The van der Waals surface area contributed by atoms with Crippen molar-refractivity contribution >= 4 is 58.0 Å².